The summed E-state index contributed by atoms with van der Waals surface area (Å²) in [4.78, 5) is 10.7. The van der Waals surface area contributed by atoms with Crippen LogP contribution in [0.15, 0.2) is 0 Å². The van der Waals surface area contributed by atoms with Gasteiger partial charge in [-0.25, -0.2) is 0 Å². The predicted molar refractivity (Wildman–Crippen MR) is 53.5 cm³/mol. The van der Waals surface area contributed by atoms with Crippen molar-refractivity contribution in [1.82, 2.24) is 0 Å². The molecule has 0 aliphatic heterocycles. The fraction of sp³-hybridized carbons (Fsp3) is 0.889. The molecule has 72 valence electrons. The number of ether oxygens (including phenoxy) is 1. The zero-order valence-corrected chi connectivity index (χ0v) is 9.99. The summed E-state index contributed by atoms with van der Waals surface area (Å²) in [6, 6.07) is 0. The van der Waals surface area contributed by atoms with Crippen LogP contribution in [0, 0.1) is 0 Å². The lowest BCUT2D eigenvalue weighted by Crippen LogP contribution is -2.33. The van der Waals surface area contributed by atoms with Gasteiger partial charge in [-0.15, -0.1) is 0 Å². The quantitative estimate of drug-likeness (QED) is 0.557. The van der Waals surface area contributed by atoms with E-state index in [1.54, 1.807) is 0 Å². The molecule has 0 saturated carbocycles. The molecule has 0 unspecified atom stereocenters. The molecule has 0 amide bonds. The van der Waals surface area contributed by atoms with Gasteiger partial charge in [0.05, 0.1) is 0 Å². The Bertz CT molecular complexity index is 168. The lowest BCUT2D eigenvalue weighted by atomic mass is 9.96. The van der Waals surface area contributed by atoms with Gasteiger partial charge in [0.1, 0.15) is 5.60 Å². The summed E-state index contributed by atoms with van der Waals surface area (Å²) in [6.07, 6.45) is 0.791. The van der Waals surface area contributed by atoms with Crippen LogP contribution in [0.2, 0.25) is 0 Å². The Kier molecular flexibility index (Phi) is 3.76. The van der Waals surface area contributed by atoms with Gasteiger partial charge in [0.15, 0.2) is 0 Å². The Labute approximate surface area is 82.8 Å². The van der Waals surface area contributed by atoms with Crippen molar-refractivity contribution in [2.75, 3.05) is 0 Å². The third-order valence-electron chi connectivity index (χ3n) is 1.27. The second kappa shape index (κ2) is 3.77. The number of carbonyl (C=O) groups excluding carboxylic acids is 1. The summed E-state index contributed by atoms with van der Waals surface area (Å²) in [7, 11) is 0. The molecule has 0 aromatic carbocycles. The molecule has 0 aliphatic carbocycles. The van der Waals surface area contributed by atoms with Crippen molar-refractivity contribution >= 4 is 21.9 Å². The number of hydrogen-bond donors (Lipinski definition) is 0. The average molecular weight is 237 g/mol. The van der Waals surface area contributed by atoms with Crippen LogP contribution in [-0.4, -0.2) is 15.9 Å². The molecule has 0 heterocycles. The Morgan fingerprint density at radius 2 is 1.75 bits per heavy atom. The first-order valence-electron chi connectivity index (χ1n) is 4.01. The Balaban J connectivity index is 4.13. The molecule has 0 atom stereocenters. The smallest absolute Gasteiger partial charge is 0.303 e. The summed E-state index contributed by atoms with van der Waals surface area (Å²) >= 11 is 3.51. The van der Waals surface area contributed by atoms with Crippen molar-refractivity contribution in [3.8, 4) is 0 Å². The molecule has 0 aromatic rings. The minimum Gasteiger partial charge on any atom is -0.460 e. The zero-order chi connectivity index (χ0) is 9.99. The topological polar surface area (TPSA) is 26.3 Å². The third kappa shape index (κ3) is 6.65. The van der Waals surface area contributed by atoms with Gasteiger partial charge in [-0.05, 0) is 27.7 Å². The van der Waals surface area contributed by atoms with E-state index in [0.717, 1.165) is 6.42 Å². The van der Waals surface area contributed by atoms with E-state index < -0.39 is 5.60 Å². The Morgan fingerprint density at radius 1 is 1.33 bits per heavy atom. The second-order valence-electron chi connectivity index (χ2n) is 4.25. The molecule has 0 radical (unpaired) electrons. The standard InChI is InChI=1S/C9H17BrO2/c1-7(11)12-9(4,5)6-8(2,3)10/h6H2,1-5H3. The van der Waals surface area contributed by atoms with Gasteiger partial charge in [-0.2, -0.15) is 0 Å². The molecule has 0 N–H and O–H groups in total. The highest BCUT2D eigenvalue weighted by Crippen LogP contribution is 2.29. The summed E-state index contributed by atoms with van der Waals surface area (Å²) in [5.41, 5.74) is -0.390. The maximum Gasteiger partial charge on any atom is 0.303 e. The highest BCUT2D eigenvalue weighted by molar-refractivity contribution is 9.10. The fourth-order valence-electron chi connectivity index (χ4n) is 1.44. The Morgan fingerprint density at radius 3 is 2.00 bits per heavy atom. The van der Waals surface area contributed by atoms with Gasteiger partial charge in [0, 0.05) is 17.7 Å². The molecular weight excluding hydrogens is 220 g/mol. The molecule has 0 fully saturated rings. The van der Waals surface area contributed by atoms with Gasteiger partial charge < -0.3 is 4.74 Å². The van der Waals surface area contributed by atoms with Crippen LogP contribution >= 0.6 is 15.9 Å². The normalized spacial score (nSPS) is 12.8. The minimum absolute atomic E-state index is 0.00590. The molecule has 12 heavy (non-hydrogen) atoms. The van der Waals surface area contributed by atoms with Crippen LogP contribution in [0.1, 0.15) is 41.0 Å². The monoisotopic (exact) mass is 236 g/mol. The summed E-state index contributed by atoms with van der Waals surface area (Å²) in [6.45, 7) is 9.37. The van der Waals surface area contributed by atoms with Gasteiger partial charge >= 0.3 is 5.97 Å². The lowest BCUT2D eigenvalue weighted by Gasteiger charge is -2.30. The second-order valence-corrected chi connectivity index (χ2v) is 6.40. The molecule has 3 heteroatoms. The van der Waals surface area contributed by atoms with Crippen LogP contribution < -0.4 is 0 Å². The maximum absolute atomic E-state index is 10.7. The largest absolute Gasteiger partial charge is 0.460 e. The van der Waals surface area contributed by atoms with Crippen LogP contribution in [0.25, 0.3) is 0 Å². The van der Waals surface area contributed by atoms with E-state index in [9.17, 15) is 4.79 Å². The molecule has 0 aliphatic rings. The first kappa shape index (κ1) is 11.9. The summed E-state index contributed by atoms with van der Waals surface area (Å²) < 4.78 is 5.15. The van der Waals surface area contributed by atoms with E-state index in [1.807, 2.05) is 13.8 Å². The predicted octanol–water partition coefficient (Wildman–Crippen LogP) is 2.89. The first-order valence-corrected chi connectivity index (χ1v) is 4.80. The lowest BCUT2D eigenvalue weighted by molar-refractivity contribution is -0.154. The van der Waals surface area contributed by atoms with Crippen LogP contribution in [0.4, 0.5) is 0 Å². The van der Waals surface area contributed by atoms with E-state index in [2.05, 4.69) is 29.8 Å². The third-order valence-corrected chi connectivity index (χ3v) is 1.55. The molecule has 2 nitrogen and oxygen atoms in total. The SMILES string of the molecule is CC(=O)OC(C)(C)CC(C)(C)Br. The van der Waals surface area contributed by atoms with E-state index in [4.69, 9.17) is 4.74 Å². The van der Waals surface area contributed by atoms with E-state index in [-0.39, 0.29) is 10.3 Å². The summed E-state index contributed by atoms with van der Waals surface area (Å²) in [5.74, 6) is -0.225. The highest BCUT2D eigenvalue weighted by Gasteiger charge is 2.28. The van der Waals surface area contributed by atoms with Gasteiger partial charge in [0.25, 0.3) is 0 Å². The highest BCUT2D eigenvalue weighted by atomic mass is 79.9. The average Bonchev–Trinajstić information content (AvgIpc) is 1.48. The number of carbonyl (C=O) groups is 1. The van der Waals surface area contributed by atoms with Crippen LogP contribution in [0.3, 0.4) is 0 Å². The molecule has 0 rings (SSSR count). The van der Waals surface area contributed by atoms with E-state index in [1.165, 1.54) is 6.92 Å². The van der Waals surface area contributed by atoms with Gasteiger partial charge in [-0.3, -0.25) is 4.79 Å². The van der Waals surface area contributed by atoms with Crippen molar-refractivity contribution in [1.29, 1.82) is 0 Å². The van der Waals surface area contributed by atoms with E-state index >= 15 is 0 Å². The number of rotatable bonds is 3. The van der Waals surface area contributed by atoms with Crippen molar-refractivity contribution in [3.63, 3.8) is 0 Å². The van der Waals surface area contributed by atoms with Crippen LogP contribution in [0.5, 0.6) is 0 Å². The molecule has 0 saturated heterocycles. The van der Waals surface area contributed by atoms with Crippen molar-refractivity contribution in [2.24, 2.45) is 0 Å². The molecule has 0 aromatic heterocycles. The number of alkyl halides is 1. The minimum atomic E-state index is -0.390. The van der Waals surface area contributed by atoms with Gasteiger partial charge in [-0.1, -0.05) is 15.9 Å². The zero-order valence-electron chi connectivity index (χ0n) is 8.40. The van der Waals surface area contributed by atoms with Crippen molar-refractivity contribution < 1.29 is 9.53 Å². The first-order chi connectivity index (χ1) is 5.12. The number of esters is 1. The number of hydrogen-bond acceptors (Lipinski definition) is 2. The Hall–Kier alpha value is -0.0500. The maximum atomic E-state index is 10.7. The number of halogens is 1. The molecule has 0 bridgehead atoms. The fourth-order valence-corrected chi connectivity index (χ4v) is 2.11. The van der Waals surface area contributed by atoms with E-state index in [0.29, 0.717) is 0 Å². The molecular formula is C9H17BrO2. The van der Waals surface area contributed by atoms with Crippen molar-refractivity contribution in [2.45, 2.75) is 51.0 Å². The molecule has 0 spiro atoms. The van der Waals surface area contributed by atoms with Crippen molar-refractivity contribution in [3.05, 3.63) is 0 Å². The summed E-state index contributed by atoms with van der Waals surface area (Å²) in [5, 5.41) is 0. The van der Waals surface area contributed by atoms with Crippen LogP contribution in [-0.2, 0) is 9.53 Å². The van der Waals surface area contributed by atoms with Gasteiger partial charge in [0.2, 0.25) is 0 Å².